The van der Waals surface area contributed by atoms with Crippen LogP contribution in [-0.2, 0) is 25.7 Å². The number of piperidine rings is 1. The smallest absolute Gasteiger partial charge is 0.216 e. The van der Waals surface area contributed by atoms with Crippen LogP contribution < -0.4 is 4.72 Å². The highest BCUT2D eigenvalue weighted by Crippen LogP contribution is 2.40. The molecule has 2 N–H and O–H groups in total. The zero-order chi connectivity index (χ0) is 22.7. The zero-order valence-corrected chi connectivity index (χ0v) is 20.8. The summed E-state index contributed by atoms with van der Waals surface area (Å²) in [7, 11) is -3.32. The second-order valence-electron chi connectivity index (χ2n) is 8.35. The van der Waals surface area contributed by atoms with Crippen molar-refractivity contribution in [3.63, 3.8) is 0 Å². The number of aromatic hydroxyl groups is 1. The van der Waals surface area contributed by atoms with Crippen molar-refractivity contribution in [2.75, 3.05) is 32.6 Å². The lowest BCUT2D eigenvalue weighted by Crippen LogP contribution is -2.45. The fourth-order valence-electron chi connectivity index (χ4n) is 3.31. The van der Waals surface area contributed by atoms with Gasteiger partial charge in [-0.25, -0.2) is 21.7 Å². The van der Waals surface area contributed by atoms with Gasteiger partial charge in [-0.15, -0.1) is 0 Å². The van der Waals surface area contributed by atoms with Crippen LogP contribution in [0.15, 0.2) is 12.1 Å². The summed E-state index contributed by atoms with van der Waals surface area (Å²) in [5.41, 5.74) is 0.502. The van der Waals surface area contributed by atoms with E-state index in [2.05, 4.69) is 4.72 Å². The molecule has 30 heavy (non-hydrogen) atoms. The van der Waals surface area contributed by atoms with Gasteiger partial charge in [0, 0.05) is 31.8 Å². The maximum atomic E-state index is 12.8. The molecule has 1 aromatic carbocycles. The zero-order valence-electron chi connectivity index (χ0n) is 17.7. The number of phenolic OH excluding ortho intramolecular Hbond substituents is 1. The monoisotopic (exact) mass is 500 g/mol. The van der Waals surface area contributed by atoms with Crippen LogP contribution in [-0.4, -0.2) is 59.3 Å². The average Bonchev–Trinajstić information content (AvgIpc) is 2.67. The lowest BCUT2D eigenvalue weighted by atomic mass is 9.86. The van der Waals surface area contributed by atoms with Crippen molar-refractivity contribution in [2.24, 2.45) is 5.92 Å². The van der Waals surface area contributed by atoms with Crippen LogP contribution >= 0.6 is 23.2 Å². The Kier molecular flexibility index (Phi) is 9.01. The summed E-state index contributed by atoms with van der Waals surface area (Å²) >= 11 is 12.2. The lowest BCUT2D eigenvalue weighted by Gasteiger charge is -2.37. The van der Waals surface area contributed by atoms with E-state index in [4.69, 9.17) is 27.9 Å². The predicted molar refractivity (Wildman–Crippen MR) is 122 cm³/mol. The molecule has 2 atom stereocenters. The maximum Gasteiger partial charge on any atom is 0.216 e. The van der Waals surface area contributed by atoms with Crippen molar-refractivity contribution in [1.82, 2.24) is 9.03 Å². The first-order valence-corrected chi connectivity index (χ1v) is 13.2. The average molecular weight is 501 g/mol. The topological polar surface area (TPSA) is 95.9 Å². The summed E-state index contributed by atoms with van der Waals surface area (Å²) < 4.78 is 46.7. The third kappa shape index (κ3) is 6.54. The highest BCUT2D eigenvalue weighted by molar-refractivity contribution is 7.89. The molecule has 0 amide bonds. The number of ether oxygens (including phenoxy) is 1. The van der Waals surface area contributed by atoms with Crippen molar-refractivity contribution in [1.29, 1.82) is 0 Å². The summed E-state index contributed by atoms with van der Waals surface area (Å²) in [4.78, 5) is 0. The molecule has 0 bridgehead atoms. The van der Waals surface area contributed by atoms with E-state index in [1.165, 1.54) is 17.5 Å². The number of rotatable bonds is 8. The van der Waals surface area contributed by atoms with Gasteiger partial charge >= 0.3 is 0 Å². The minimum atomic E-state index is -3.39. The van der Waals surface area contributed by atoms with E-state index in [1.54, 1.807) is 6.07 Å². The summed E-state index contributed by atoms with van der Waals surface area (Å²) in [6, 6.07) is 2.49. The summed E-state index contributed by atoms with van der Waals surface area (Å²) in [6.07, 6.45) is 1.09. The number of sulfonamides is 1. The van der Waals surface area contributed by atoms with E-state index in [9.17, 15) is 17.7 Å². The molecule has 1 aromatic rings. The van der Waals surface area contributed by atoms with Crippen molar-refractivity contribution in [2.45, 2.75) is 44.4 Å². The van der Waals surface area contributed by atoms with Crippen LogP contribution in [0, 0.1) is 5.92 Å². The summed E-state index contributed by atoms with van der Waals surface area (Å²) in [5, 5.41) is 11.0. The molecule has 0 spiro atoms. The van der Waals surface area contributed by atoms with E-state index in [-0.39, 0.29) is 34.1 Å². The first kappa shape index (κ1) is 25.8. The molecule has 1 heterocycles. The minimum absolute atomic E-state index is 0.0389. The van der Waals surface area contributed by atoms with Gasteiger partial charge in [-0.3, -0.25) is 0 Å². The Bertz CT molecular complexity index is 866. The third-order valence-corrected chi connectivity index (χ3v) is 9.24. The largest absolute Gasteiger partial charge is 0.508 e. The Morgan fingerprint density at radius 1 is 1.27 bits per heavy atom. The van der Waals surface area contributed by atoms with Gasteiger partial charge in [0.25, 0.3) is 0 Å². The van der Waals surface area contributed by atoms with Gasteiger partial charge in [0.15, 0.2) is 0 Å². The van der Waals surface area contributed by atoms with Crippen LogP contribution in [0.5, 0.6) is 5.75 Å². The van der Waals surface area contributed by atoms with Gasteiger partial charge < -0.3 is 9.84 Å². The first-order chi connectivity index (χ1) is 13.9. The second-order valence-corrected chi connectivity index (χ2v) is 13.2. The molecule has 0 saturated carbocycles. The van der Waals surface area contributed by atoms with Crippen LogP contribution in [0.2, 0.25) is 10.0 Å². The van der Waals surface area contributed by atoms with E-state index in [1.807, 2.05) is 20.8 Å². The number of nitrogens with zero attached hydrogens (tertiary/aromatic N) is 1. The van der Waals surface area contributed by atoms with E-state index >= 15 is 0 Å². The predicted octanol–water partition coefficient (Wildman–Crippen LogP) is 3.48. The van der Waals surface area contributed by atoms with E-state index < -0.39 is 31.8 Å². The second kappa shape index (κ2) is 10.5. The Morgan fingerprint density at radius 2 is 1.83 bits per heavy atom. The van der Waals surface area contributed by atoms with Gasteiger partial charge in [-0.1, -0.05) is 23.2 Å². The molecule has 11 heteroatoms. The first-order valence-electron chi connectivity index (χ1n) is 9.69. The Balaban J connectivity index is 2.27. The van der Waals surface area contributed by atoms with Crippen LogP contribution in [0.3, 0.4) is 0 Å². The standard InChI is InChI=1S/C19H30Cl2N2O5S2/c1-19(2,3)29(25)22-18(14-11-15(20)16(21)12-17(14)24)13-5-7-23(8-6-13)30(26,27)10-9-28-4/h11-13,18,22,24H,5-10H2,1-4H3/t18-,29+/m1/s1. The molecule has 1 aliphatic rings. The van der Waals surface area contributed by atoms with Crippen molar-refractivity contribution >= 4 is 44.2 Å². The molecule has 0 aromatic heterocycles. The van der Waals surface area contributed by atoms with Gasteiger partial charge in [0.1, 0.15) is 5.75 Å². The third-order valence-electron chi connectivity index (χ3n) is 5.10. The number of hydrogen-bond donors (Lipinski definition) is 2. The van der Waals surface area contributed by atoms with Crippen molar-refractivity contribution in [3.8, 4) is 5.75 Å². The number of hydrogen-bond acceptors (Lipinski definition) is 5. The van der Waals surface area contributed by atoms with E-state index in [0.29, 0.717) is 31.5 Å². The SMILES string of the molecule is COCCS(=O)(=O)N1CCC([C@@H](N[S@@](=O)C(C)(C)C)c2cc(Cl)c(Cl)cc2O)CC1. The summed E-state index contributed by atoms with van der Waals surface area (Å²) in [5.74, 6) is -0.145. The number of phenols is 1. The van der Waals surface area contributed by atoms with Gasteiger partial charge in [0.05, 0.1) is 44.2 Å². The number of nitrogens with one attached hydrogen (secondary N) is 1. The molecule has 2 rings (SSSR count). The molecule has 1 saturated heterocycles. The fraction of sp³-hybridized carbons (Fsp3) is 0.684. The normalized spacial score (nSPS) is 19.0. The van der Waals surface area contributed by atoms with Gasteiger partial charge in [-0.05, 0) is 45.6 Å². The Morgan fingerprint density at radius 3 is 2.37 bits per heavy atom. The molecule has 0 aliphatic carbocycles. The lowest BCUT2D eigenvalue weighted by molar-refractivity contribution is 0.210. The molecule has 0 radical (unpaired) electrons. The fourth-order valence-corrected chi connectivity index (χ4v) is 5.95. The van der Waals surface area contributed by atoms with Crippen molar-refractivity contribution < 1.29 is 22.5 Å². The highest BCUT2D eigenvalue weighted by atomic mass is 35.5. The summed E-state index contributed by atoms with van der Waals surface area (Å²) in [6.45, 7) is 6.40. The molecule has 1 aliphatic heterocycles. The van der Waals surface area contributed by atoms with Crippen LogP contribution in [0.4, 0.5) is 0 Å². The minimum Gasteiger partial charge on any atom is -0.508 e. The molecule has 7 nitrogen and oxygen atoms in total. The molecule has 1 fully saturated rings. The van der Waals surface area contributed by atoms with Crippen LogP contribution in [0.25, 0.3) is 0 Å². The Hall–Kier alpha value is -0.420. The number of methoxy groups -OCH3 is 1. The molecule has 0 unspecified atom stereocenters. The number of halogens is 2. The Labute approximate surface area is 191 Å². The van der Waals surface area contributed by atoms with Gasteiger partial charge in [-0.2, -0.15) is 0 Å². The van der Waals surface area contributed by atoms with E-state index in [0.717, 1.165) is 0 Å². The molecular weight excluding hydrogens is 471 g/mol. The highest BCUT2D eigenvalue weighted by Gasteiger charge is 2.35. The van der Waals surface area contributed by atoms with Gasteiger partial charge in [0.2, 0.25) is 10.0 Å². The molecule has 172 valence electrons. The number of benzene rings is 1. The quantitative estimate of drug-likeness (QED) is 0.569. The molecular formula is C19H30Cl2N2O5S2. The van der Waals surface area contributed by atoms with Crippen molar-refractivity contribution in [3.05, 3.63) is 27.7 Å². The van der Waals surface area contributed by atoms with Crippen LogP contribution in [0.1, 0.15) is 45.2 Å². The maximum absolute atomic E-state index is 12.8.